The molecule has 0 aliphatic heterocycles. The summed E-state index contributed by atoms with van der Waals surface area (Å²) in [5.41, 5.74) is 0.0449. The average molecular weight is 400 g/mol. The summed E-state index contributed by atoms with van der Waals surface area (Å²) in [4.78, 5) is 0. The third-order valence-corrected chi connectivity index (χ3v) is 9.51. The van der Waals surface area contributed by atoms with Crippen LogP contribution in [0.1, 0.15) is 136 Å². The van der Waals surface area contributed by atoms with Gasteiger partial charge in [0.25, 0.3) is 0 Å². The monoisotopic (exact) mass is 399 g/mol. The first-order valence-corrected chi connectivity index (χ1v) is 13.6. The van der Waals surface area contributed by atoms with Gasteiger partial charge in [-0.1, -0.05) is 84.5 Å². The van der Waals surface area contributed by atoms with Crippen molar-refractivity contribution in [2.24, 2.45) is 35.0 Å². The van der Waals surface area contributed by atoms with Gasteiger partial charge in [-0.2, -0.15) is 5.26 Å². The maximum Gasteiger partial charge on any atom is 0.0692 e. The third kappa shape index (κ3) is 6.24. The summed E-state index contributed by atoms with van der Waals surface area (Å²) in [5.74, 6) is 4.63. The fourth-order valence-electron chi connectivity index (χ4n) is 7.37. The predicted octanol–water partition coefficient (Wildman–Crippen LogP) is 9.07. The SMILES string of the molecule is CCCCCC1CCC(C2(C#N)CCC(C3CCC(CCCC)CC3)CC2)CC1. The normalized spacial score (nSPS) is 38.4. The van der Waals surface area contributed by atoms with Gasteiger partial charge in [-0.05, 0) is 81.0 Å². The molecule has 3 aliphatic carbocycles. The van der Waals surface area contributed by atoms with E-state index < -0.39 is 0 Å². The van der Waals surface area contributed by atoms with Crippen molar-refractivity contribution in [2.75, 3.05) is 0 Å². The Morgan fingerprint density at radius 1 is 0.655 bits per heavy atom. The Labute approximate surface area is 182 Å². The molecule has 29 heavy (non-hydrogen) atoms. The van der Waals surface area contributed by atoms with Gasteiger partial charge in [0.1, 0.15) is 0 Å². The quantitative estimate of drug-likeness (QED) is 0.355. The van der Waals surface area contributed by atoms with Crippen LogP contribution in [0.4, 0.5) is 0 Å². The largest absolute Gasteiger partial charge is 0.198 e. The van der Waals surface area contributed by atoms with Gasteiger partial charge < -0.3 is 0 Å². The number of nitriles is 1. The highest BCUT2D eigenvalue weighted by Gasteiger charge is 2.44. The molecule has 0 aromatic carbocycles. The molecule has 0 heterocycles. The molecule has 166 valence electrons. The average Bonchev–Trinajstić information content (AvgIpc) is 2.79. The van der Waals surface area contributed by atoms with E-state index in [0.717, 1.165) is 23.7 Å². The zero-order valence-corrected chi connectivity index (χ0v) is 19.8. The van der Waals surface area contributed by atoms with Gasteiger partial charge >= 0.3 is 0 Å². The molecule has 3 aliphatic rings. The predicted molar refractivity (Wildman–Crippen MR) is 125 cm³/mol. The molecule has 0 bridgehead atoms. The summed E-state index contributed by atoms with van der Waals surface area (Å²) in [6, 6.07) is 2.91. The zero-order valence-electron chi connectivity index (χ0n) is 19.8. The van der Waals surface area contributed by atoms with E-state index in [2.05, 4.69) is 19.9 Å². The minimum atomic E-state index is 0.0449. The molecule has 3 rings (SSSR count). The van der Waals surface area contributed by atoms with Crippen molar-refractivity contribution in [2.45, 2.75) is 136 Å². The van der Waals surface area contributed by atoms with Gasteiger partial charge in [0, 0.05) is 0 Å². The van der Waals surface area contributed by atoms with E-state index in [4.69, 9.17) is 0 Å². The second kappa shape index (κ2) is 11.8. The van der Waals surface area contributed by atoms with Gasteiger partial charge in [0.05, 0.1) is 11.5 Å². The first-order valence-electron chi connectivity index (χ1n) is 13.6. The lowest BCUT2D eigenvalue weighted by Crippen LogP contribution is -2.38. The Kier molecular flexibility index (Phi) is 9.40. The minimum Gasteiger partial charge on any atom is -0.198 e. The molecule has 1 nitrogen and oxygen atoms in total. The Balaban J connectivity index is 1.42. The number of rotatable bonds is 9. The number of hydrogen-bond acceptors (Lipinski definition) is 1. The Bertz CT molecular complexity index is 479. The molecule has 0 N–H and O–H groups in total. The molecule has 0 aromatic heterocycles. The first-order chi connectivity index (χ1) is 14.2. The summed E-state index contributed by atoms with van der Waals surface area (Å²) in [6.07, 6.45) is 26.5. The number of hydrogen-bond donors (Lipinski definition) is 0. The molecule has 0 radical (unpaired) electrons. The van der Waals surface area contributed by atoms with Gasteiger partial charge in [-0.15, -0.1) is 0 Å². The second-order valence-corrected chi connectivity index (χ2v) is 11.2. The van der Waals surface area contributed by atoms with E-state index in [-0.39, 0.29) is 5.41 Å². The molecule has 0 spiro atoms. The smallest absolute Gasteiger partial charge is 0.0692 e. The van der Waals surface area contributed by atoms with E-state index in [0.29, 0.717) is 5.92 Å². The van der Waals surface area contributed by atoms with Crippen LogP contribution in [-0.4, -0.2) is 0 Å². The van der Waals surface area contributed by atoms with E-state index >= 15 is 0 Å². The van der Waals surface area contributed by atoms with Crippen molar-refractivity contribution < 1.29 is 0 Å². The molecule has 1 heteroatoms. The van der Waals surface area contributed by atoms with Crippen molar-refractivity contribution >= 4 is 0 Å². The van der Waals surface area contributed by atoms with Gasteiger partial charge in [-0.3, -0.25) is 0 Å². The molecule has 3 fully saturated rings. The summed E-state index contributed by atoms with van der Waals surface area (Å²) in [6.45, 7) is 4.63. The third-order valence-electron chi connectivity index (χ3n) is 9.51. The van der Waals surface area contributed by atoms with Crippen LogP contribution in [0.3, 0.4) is 0 Å². The van der Waals surface area contributed by atoms with Crippen LogP contribution < -0.4 is 0 Å². The molecule has 0 aromatic rings. The van der Waals surface area contributed by atoms with E-state index in [9.17, 15) is 5.26 Å². The topological polar surface area (TPSA) is 23.8 Å². The summed E-state index contributed by atoms with van der Waals surface area (Å²) < 4.78 is 0. The second-order valence-electron chi connectivity index (χ2n) is 11.2. The van der Waals surface area contributed by atoms with E-state index in [1.54, 1.807) is 0 Å². The van der Waals surface area contributed by atoms with E-state index in [1.807, 2.05) is 0 Å². The van der Waals surface area contributed by atoms with Crippen molar-refractivity contribution in [3.05, 3.63) is 0 Å². The van der Waals surface area contributed by atoms with Crippen LogP contribution in [0.5, 0.6) is 0 Å². The molecular formula is C28H49N. The van der Waals surface area contributed by atoms with E-state index in [1.165, 1.54) is 122 Å². The maximum absolute atomic E-state index is 10.2. The molecule has 0 saturated heterocycles. The Hall–Kier alpha value is -0.510. The summed E-state index contributed by atoms with van der Waals surface area (Å²) >= 11 is 0. The number of nitrogens with zero attached hydrogens (tertiary/aromatic N) is 1. The van der Waals surface area contributed by atoms with Crippen molar-refractivity contribution in [3.8, 4) is 6.07 Å². The first kappa shape index (κ1) is 23.2. The Morgan fingerprint density at radius 2 is 1.17 bits per heavy atom. The van der Waals surface area contributed by atoms with Gasteiger partial charge in [-0.25, -0.2) is 0 Å². The molecule has 0 unspecified atom stereocenters. The highest BCUT2D eigenvalue weighted by Crippen LogP contribution is 2.52. The highest BCUT2D eigenvalue weighted by molar-refractivity contribution is 5.06. The molecule has 0 amide bonds. The van der Waals surface area contributed by atoms with Crippen molar-refractivity contribution in [3.63, 3.8) is 0 Å². The molecule has 0 atom stereocenters. The van der Waals surface area contributed by atoms with Crippen molar-refractivity contribution in [1.29, 1.82) is 5.26 Å². The van der Waals surface area contributed by atoms with Gasteiger partial charge in [0.2, 0.25) is 0 Å². The minimum absolute atomic E-state index is 0.0449. The van der Waals surface area contributed by atoms with Crippen LogP contribution >= 0.6 is 0 Å². The lowest BCUT2D eigenvalue weighted by Gasteiger charge is -2.46. The zero-order chi connectivity index (χ0) is 20.5. The summed E-state index contributed by atoms with van der Waals surface area (Å²) in [7, 11) is 0. The van der Waals surface area contributed by atoms with Gasteiger partial charge in [0.15, 0.2) is 0 Å². The van der Waals surface area contributed by atoms with Crippen LogP contribution in [0.2, 0.25) is 0 Å². The molecule has 3 saturated carbocycles. The van der Waals surface area contributed by atoms with Crippen molar-refractivity contribution in [1.82, 2.24) is 0 Å². The maximum atomic E-state index is 10.2. The lowest BCUT2D eigenvalue weighted by atomic mass is 9.57. The van der Waals surface area contributed by atoms with Crippen LogP contribution in [-0.2, 0) is 0 Å². The lowest BCUT2D eigenvalue weighted by molar-refractivity contribution is 0.0601. The van der Waals surface area contributed by atoms with Crippen LogP contribution in [0.15, 0.2) is 0 Å². The number of unbranched alkanes of at least 4 members (excludes halogenated alkanes) is 3. The van der Waals surface area contributed by atoms with Crippen LogP contribution in [0.25, 0.3) is 0 Å². The fourth-order valence-corrected chi connectivity index (χ4v) is 7.37. The fraction of sp³-hybridized carbons (Fsp3) is 0.964. The standard InChI is InChI=1S/C28H49N/c1-3-5-7-9-24-12-16-27(17-13-24)28(22-29)20-18-26(19-21-28)25-14-10-23(11-15-25)8-6-4-2/h23-27H,3-21H2,1-2H3. The van der Waals surface area contributed by atoms with Crippen LogP contribution in [0, 0.1) is 46.3 Å². The summed E-state index contributed by atoms with van der Waals surface area (Å²) in [5, 5.41) is 10.2. The Morgan fingerprint density at radius 3 is 1.72 bits per heavy atom. The highest BCUT2D eigenvalue weighted by atomic mass is 14.5. The molecular weight excluding hydrogens is 350 g/mol.